The van der Waals surface area contributed by atoms with Crippen molar-refractivity contribution in [3.05, 3.63) is 0 Å². The van der Waals surface area contributed by atoms with Crippen LogP contribution in [0.2, 0.25) is 0 Å². The van der Waals surface area contributed by atoms with Gasteiger partial charge in [-0.1, -0.05) is 27.7 Å². The third-order valence-electron chi connectivity index (χ3n) is 13.8. The van der Waals surface area contributed by atoms with E-state index < -0.39 is 23.4 Å². The number of hydrogen-bond donors (Lipinski definition) is 4. The molecule has 0 bridgehead atoms. The molecule has 0 radical (unpaired) electrons. The van der Waals surface area contributed by atoms with Crippen molar-refractivity contribution in [2.24, 2.45) is 44.8 Å². The van der Waals surface area contributed by atoms with Crippen molar-refractivity contribution >= 4 is 0 Å². The molecular formula is C30H50O5. The zero-order valence-electron chi connectivity index (χ0n) is 23.1. The molecule has 5 nitrogen and oxygen atoms in total. The van der Waals surface area contributed by atoms with E-state index in [2.05, 4.69) is 34.6 Å². The van der Waals surface area contributed by atoms with Crippen molar-refractivity contribution in [3.8, 4) is 0 Å². The summed E-state index contributed by atoms with van der Waals surface area (Å²) in [5.41, 5.74) is -1.35. The van der Waals surface area contributed by atoms with Crippen LogP contribution in [-0.2, 0) is 4.74 Å². The van der Waals surface area contributed by atoms with Crippen molar-refractivity contribution in [1.29, 1.82) is 0 Å². The van der Waals surface area contributed by atoms with E-state index in [0.29, 0.717) is 5.92 Å². The first-order valence-electron chi connectivity index (χ1n) is 14.4. The molecule has 1 aliphatic heterocycles. The Morgan fingerprint density at radius 1 is 0.771 bits per heavy atom. The summed E-state index contributed by atoms with van der Waals surface area (Å²) in [4.78, 5) is 0. The van der Waals surface area contributed by atoms with Crippen LogP contribution >= 0.6 is 0 Å². The van der Waals surface area contributed by atoms with Crippen LogP contribution in [0.15, 0.2) is 0 Å². The van der Waals surface area contributed by atoms with Crippen molar-refractivity contribution in [2.75, 3.05) is 0 Å². The molecular weight excluding hydrogens is 440 g/mol. The van der Waals surface area contributed by atoms with E-state index in [1.165, 1.54) is 6.42 Å². The van der Waals surface area contributed by atoms with Gasteiger partial charge in [-0.25, -0.2) is 0 Å². The summed E-state index contributed by atoms with van der Waals surface area (Å²) in [6, 6.07) is 0. The highest BCUT2D eigenvalue weighted by molar-refractivity contribution is 5.33. The van der Waals surface area contributed by atoms with Gasteiger partial charge in [0.15, 0.2) is 0 Å². The quantitative estimate of drug-likeness (QED) is 0.460. The number of ether oxygens (including phenoxy) is 1. The van der Waals surface area contributed by atoms with E-state index in [1.54, 1.807) is 0 Å². The summed E-state index contributed by atoms with van der Waals surface area (Å²) in [6.45, 7) is 15.0. The molecule has 0 amide bonds. The molecule has 0 aromatic rings. The predicted octanol–water partition coefficient (Wildman–Crippen LogP) is 4.44. The van der Waals surface area contributed by atoms with Gasteiger partial charge in [0.05, 0.1) is 35.6 Å². The molecule has 5 heteroatoms. The molecule has 1 saturated heterocycles. The van der Waals surface area contributed by atoms with Crippen molar-refractivity contribution in [3.63, 3.8) is 0 Å². The van der Waals surface area contributed by atoms with Gasteiger partial charge in [-0.3, -0.25) is 0 Å². The first-order chi connectivity index (χ1) is 16.0. The summed E-state index contributed by atoms with van der Waals surface area (Å²) in [5.74, 6) is 0.577. The summed E-state index contributed by atoms with van der Waals surface area (Å²) < 4.78 is 6.66. The van der Waals surface area contributed by atoms with Crippen LogP contribution < -0.4 is 0 Å². The molecule has 6 rings (SSSR count). The van der Waals surface area contributed by atoms with E-state index in [-0.39, 0.29) is 51.1 Å². The highest BCUT2D eigenvalue weighted by Crippen LogP contribution is 2.89. The second kappa shape index (κ2) is 6.86. The maximum Gasteiger partial charge on any atom is 0.0865 e. The molecule has 5 saturated carbocycles. The van der Waals surface area contributed by atoms with Crippen LogP contribution in [0, 0.1) is 44.8 Å². The largest absolute Gasteiger partial charge is 0.393 e. The molecule has 5 aliphatic carbocycles. The maximum atomic E-state index is 11.7. The van der Waals surface area contributed by atoms with Crippen LogP contribution in [0.4, 0.5) is 0 Å². The molecule has 5 unspecified atom stereocenters. The van der Waals surface area contributed by atoms with Crippen LogP contribution in [0.25, 0.3) is 0 Å². The molecule has 35 heavy (non-hydrogen) atoms. The molecule has 2 spiro atoms. The molecule has 0 aromatic carbocycles. The number of aliphatic hydroxyl groups excluding tert-OH is 3. The summed E-state index contributed by atoms with van der Waals surface area (Å²) in [7, 11) is 0. The minimum Gasteiger partial charge on any atom is -0.393 e. The lowest BCUT2D eigenvalue weighted by atomic mass is 9.41. The fourth-order valence-corrected chi connectivity index (χ4v) is 12.1. The van der Waals surface area contributed by atoms with Crippen molar-refractivity contribution in [2.45, 2.75) is 142 Å². The van der Waals surface area contributed by atoms with E-state index in [0.717, 1.165) is 51.4 Å². The Kier molecular flexibility index (Phi) is 4.92. The number of aliphatic hydroxyl groups is 4. The molecule has 6 aliphatic rings. The summed E-state index contributed by atoms with van der Waals surface area (Å²) in [6.07, 6.45) is 7.18. The fourth-order valence-electron chi connectivity index (χ4n) is 12.1. The van der Waals surface area contributed by atoms with E-state index in [9.17, 15) is 20.4 Å². The Morgan fingerprint density at radius 3 is 2.09 bits per heavy atom. The monoisotopic (exact) mass is 490 g/mol. The van der Waals surface area contributed by atoms with Crippen LogP contribution in [-0.4, -0.2) is 56.0 Å². The van der Waals surface area contributed by atoms with Gasteiger partial charge >= 0.3 is 0 Å². The Morgan fingerprint density at radius 2 is 1.46 bits per heavy atom. The molecule has 1 heterocycles. The minimum atomic E-state index is -0.886. The SMILES string of the molecule is CC(C)(O)[C@@H]1CC[C@](C)(C2[C@@H](O)C[C@@]3(C)C4C[C@H](O)[C@H]5C(C)(C)[C@@H](O)CCC56CC46CCC23C)O1. The Bertz CT molecular complexity index is 911. The maximum absolute atomic E-state index is 11.7. The van der Waals surface area contributed by atoms with Gasteiger partial charge in [-0.15, -0.1) is 0 Å². The Hall–Kier alpha value is -0.200. The van der Waals surface area contributed by atoms with Gasteiger partial charge < -0.3 is 25.2 Å². The van der Waals surface area contributed by atoms with E-state index >= 15 is 0 Å². The standard InChI is InChI=1S/C30H50O5/c1-24(2)20(33)8-11-30-16-29(30)13-12-26(5)23(28(7)10-9-21(35-28)25(3,4)34)18(32)15-27(26,6)19(29)14-17(31)22(24)30/h17-23,31-34H,8-16H2,1-7H3/t17-,18-,19?,20-,21-,22-,23?,26?,27-,28+,29?,30?/m0/s1. The Labute approximate surface area is 212 Å². The highest BCUT2D eigenvalue weighted by atomic mass is 16.5. The zero-order chi connectivity index (χ0) is 25.6. The molecule has 0 aromatic heterocycles. The lowest BCUT2D eigenvalue weighted by Gasteiger charge is -2.64. The van der Waals surface area contributed by atoms with Crippen molar-refractivity contribution < 1.29 is 25.2 Å². The molecule has 4 N–H and O–H groups in total. The highest BCUT2D eigenvalue weighted by Gasteiger charge is 2.84. The van der Waals surface area contributed by atoms with E-state index in [1.807, 2.05) is 13.8 Å². The number of rotatable bonds is 2. The smallest absolute Gasteiger partial charge is 0.0865 e. The first-order valence-corrected chi connectivity index (χ1v) is 14.4. The number of fused-ring (bicyclic) bond motifs is 2. The fraction of sp³-hybridized carbons (Fsp3) is 1.00. The van der Waals surface area contributed by atoms with Crippen LogP contribution in [0.3, 0.4) is 0 Å². The number of hydrogen-bond acceptors (Lipinski definition) is 5. The average Bonchev–Trinajstić information content (AvgIpc) is 3.08. The summed E-state index contributed by atoms with van der Waals surface area (Å²) in [5, 5.41) is 45.0. The van der Waals surface area contributed by atoms with Crippen molar-refractivity contribution in [1.82, 2.24) is 0 Å². The van der Waals surface area contributed by atoms with Crippen LogP contribution in [0.5, 0.6) is 0 Å². The zero-order valence-corrected chi connectivity index (χ0v) is 23.1. The lowest BCUT2D eigenvalue weighted by molar-refractivity contribution is -0.213. The predicted molar refractivity (Wildman–Crippen MR) is 134 cm³/mol. The second-order valence-electron chi connectivity index (χ2n) is 15.9. The molecule has 6 fully saturated rings. The third-order valence-corrected chi connectivity index (χ3v) is 13.8. The van der Waals surface area contributed by atoms with Gasteiger partial charge in [0.1, 0.15) is 0 Å². The molecule has 12 atom stereocenters. The van der Waals surface area contributed by atoms with Gasteiger partial charge in [0.25, 0.3) is 0 Å². The summed E-state index contributed by atoms with van der Waals surface area (Å²) >= 11 is 0. The third kappa shape index (κ3) is 2.78. The minimum absolute atomic E-state index is 0.0267. The van der Waals surface area contributed by atoms with Gasteiger partial charge in [0, 0.05) is 5.92 Å². The van der Waals surface area contributed by atoms with Gasteiger partial charge in [-0.2, -0.15) is 0 Å². The van der Waals surface area contributed by atoms with Gasteiger partial charge in [-0.05, 0) is 117 Å². The Balaban J connectivity index is 1.37. The molecule has 200 valence electrons. The topological polar surface area (TPSA) is 90.2 Å². The van der Waals surface area contributed by atoms with E-state index in [4.69, 9.17) is 4.74 Å². The normalized spacial score (nSPS) is 60.9. The first kappa shape index (κ1) is 25.1. The lowest BCUT2D eigenvalue weighted by Crippen LogP contribution is -2.62. The second-order valence-corrected chi connectivity index (χ2v) is 15.9. The average molecular weight is 491 g/mol. The van der Waals surface area contributed by atoms with Crippen LogP contribution in [0.1, 0.15) is 106 Å². The van der Waals surface area contributed by atoms with Gasteiger partial charge in [0.2, 0.25) is 0 Å².